The number of hydrogen-bond acceptors (Lipinski definition) is 5. The van der Waals surface area contributed by atoms with Crippen LogP contribution in [-0.2, 0) is 14.3 Å². The van der Waals surface area contributed by atoms with Crippen molar-refractivity contribution in [3.63, 3.8) is 0 Å². The van der Waals surface area contributed by atoms with E-state index in [1.165, 1.54) is 6.92 Å². The molecular weight excluding hydrogens is 360 g/mol. The molecule has 154 valence electrons. The lowest BCUT2D eigenvalue weighted by Gasteiger charge is -2.34. The van der Waals surface area contributed by atoms with Gasteiger partial charge in [0.2, 0.25) is 11.7 Å². The van der Waals surface area contributed by atoms with Crippen LogP contribution in [-0.4, -0.2) is 53.0 Å². The van der Waals surface area contributed by atoms with E-state index in [4.69, 9.17) is 4.74 Å². The third kappa shape index (κ3) is 4.69. The molecule has 0 spiro atoms. The van der Waals surface area contributed by atoms with Crippen LogP contribution in [0.3, 0.4) is 0 Å². The summed E-state index contributed by atoms with van der Waals surface area (Å²) in [5, 5.41) is 0. The topological polar surface area (TPSA) is 96.5 Å². The second kappa shape index (κ2) is 8.29. The number of esters is 1. The van der Waals surface area contributed by atoms with Crippen molar-refractivity contribution in [2.45, 2.75) is 54.4 Å². The van der Waals surface area contributed by atoms with Crippen LogP contribution in [0.4, 0.5) is 0 Å². The highest BCUT2D eigenvalue weighted by Gasteiger charge is 2.33. The monoisotopic (exact) mass is 390 g/mol. The molecule has 1 aromatic heterocycles. The molecule has 1 N–H and O–H groups in total. The number of likely N-dealkylation sites (tertiary alicyclic amines) is 1. The first kappa shape index (κ1) is 21.9. The van der Waals surface area contributed by atoms with Crippen molar-refractivity contribution in [2.75, 3.05) is 19.7 Å². The van der Waals surface area contributed by atoms with Gasteiger partial charge in [-0.2, -0.15) is 0 Å². The standard InChI is InChI=1S/C21H30N2O5/c1-12-17(14(3)24)13(2)22-18(12)16(25)11-28-19(26)15-7-9-23(10-8-15)20(27)21(4,5)6/h15,22H,7-11H2,1-6H3. The molecule has 1 aliphatic heterocycles. The van der Waals surface area contributed by atoms with Crippen LogP contribution in [0, 0.1) is 25.2 Å². The molecular formula is C21H30N2O5. The van der Waals surface area contributed by atoms with E-state index in [9.17, 15) is 19.2 Å². The minimum absolute atomic E-state index is 0.0772. The van der Waals surface area contributed by atoms with Crippen molar-refractivity contribution in [3.8, 4) is 0 Å². The number of nitrogens with zero attached hydrogens (tertiary/aromatic N) is 1. The zero-order valence-corrected chi connectivity index (χ0v) is 17.6. The van der Waals surface area contributed by atoms with Crippen molar-refractivity contribution in [3.05, 3.63) is 22.5 Å². The number of piperidine rings is 1. The van der Waals surface area contributed by atoms with Gasteiger partial charge in [0.15, 0.2) is 12.4 Å². The molecule has 0 atom stereocenters. The third-order valence-corrected chi connectivity index (χ3v) is 5.17. The number of rotatable bonds is 5. The van der Waals surface area contributed by atoms with Gasteiger partial charge in [-0.15, -0.1) is 0 Å². The molecule has 1 aromatic rings. The fourth-order valence-corrected chi connectivity index (χ4v) is 3.68. The van der Waals surface area contributed by atoms with E-state index in [0.29, 0.717) is 48.4 Å². The Kier molecular flexibility index (Phi) is 6.47. The predicted octanol–water partition coefficient (Wildman–Crippen LogP) is 2.84. The number of H-pyrrole nitrogens is 1. The lowest BCUT2D eigenvalue weighted by atomic mass is 9.91. The Labute approximate surface area is 165 Å². The molecule has 0 bridgehead atoms. The molecule has 28 heavy (non-hydrogen) atoms. The van der Waals surface area contributed by atoms with Crippen LogP contribution >= 0.6 is 0 Å². The summed E-state index contributed by atoms with van der Waals surface area (Å²) in [6.45, 7) is 11.2. The smallest absolute Gasteiger partial charge is 0.309 e. The molecule has 0 saturated carbocycles. The minimum atomic E-state index is -0.440. The van der Waals surface area contributed by atoms with Gasteiger partial charge in [0.25, 0.3) is 0 Å². The summed E-state index contributed by atoms with van der Waals surface area (Å²) in [6, 6.07) is 0. The Balaban J connectivity index is 1.90. The van der Waals surface area contributed by atoms with E-state index in [1.807, 2.05) is 20.8 Å². The van der Waals surface area contributed by atoms with Crippen LogP contribution < -0.4 is 0 Å². The summed E-state index contributed by atoms with van der Waals surface area (Å²) in [6.07, 6.45) is 1.06. The molecule has 0 unspecified atom stereocenters. The first-order valence-corrected chi connectivity index (χ1v) is 9.62. The predicted molar refractivity (Wildman–Crippen MR) is 104 cm³/mol. The minimum Gasteiger partial charge on any atom is -0.457 e. The molecule has 0 aromatic carbocycles. The number of aromatic amines is 1. The van der Waals surface area contributed by atoms with E-state index in [2.05, 4.69) is 4.98 Å². The Morgan fingerprint density at radius 1 is 1.11 bits per heavy atom. The zero-order valence-electron chi connectivity index (χ0n) is 17.6. The summed E-state index contributed by atoms with van der Waals surface area (Å²) < 4.78 is 5.23. The summed E-state index contributed by atoms with van der Waals surface area (Å²) in [7, 11) is 0. The van der Waals surface area contributed by atoms with Gasteiger partial charge in [-0.1, -0.05) is 20.8 Å². The van der Waals surface area contributed by atoms with Crippen LogP contribution in [0.15, 0.2) is 0 Å². The first-order valence-electron chi connectivity index (χ1n) is 9.62. The van der Waals surface area contributed by atoms with E-state index >= 15 is 0 Å². The number of ketones is 2. The van der Waals surface area contributed by atoms with E-state index in [0.717, 1.165) is 0 Å². The van der Waals surface area contributed by atoms with Crippen LogP contribution in [0.25, 0.3) is 0 Å². The molecule has 7 heteroatoms. The van der Waals surface area contributed by atoms with Crippen molar-refractivity contribution >= 4 is 23.4 Å². The number of aromatic nitrogens is 1. The van der Waals surface area contributed by atoms with Gasteiger partial charge in [-0.3, -0.25) is 19.2 Å². The summed E-state index contributed by atoms with van der Waals surface area (Å²) >= 11 is 0. The Bertz CT molecular complexity index is 792. The maximum absolute atomic E-state index is 12.4. The highest BCUT2D eigenvalue weighted by molar-refractivity contribution is 6.04. The second-order valence-electron chi connectivity index (χ2n) is 8.53. The second-order valence-corrected chi connectivity index (χ2v) is 8.53. The van der Waals surface area contributed by atoms with Crippen molar-refractivity contribution in [1.29, 1.82) is 0 Å². The summed E-state index contributed by atoms with van der Waals surface area (Å²) in [4.78, 5) is 53.5. The molecule has 1 aliphatic rings. The van der Waals surface area contributed by atoms with Crippen LogP contribution in [0.5, 0.6) is 0 Å². The van der Waals surface area contributed by atoms with Gasteiger partial charge < -0.3 is 14.6 Å². The van der Waals surface area contributed by atoms with E-state index in [1.54, 1.807) is 18.7 Å². The molecule has 1 amide bonds. The lowest BCUT2D eigenvalue weighted by molar-refractivity contribution is -0.152. The number of Topliss-reactive ketones (excluding diaryl/α,β-unsaturated/α-hetero) is 2. The van der Waals surface area contributed by atoms with Crippen LogP contribution in [0.1, 0.15) is 72.6 Å². The first-order chi connectivity index (χ1) is 12.9. The van der Waals surface area contributed by atoms with Crippen molar-refractivity contribution in [1.82, 2.24) is 9.88 Å². The summed E-state index contributed by atoms with van der Waals surface area (Å²) in [5.41, 5.74) is 1.59. The normalized spacial score (nSPS) is 15.4. The molecule has 7 nitrogen and oxygen atoms in total. The maximum atomic E-state index is 12.4. The number of nitrogens with one attached hydrogen (secondary N) is 1. The van der Waals surface area contributed by atoms with E-state index < -0.39 is 11.4 Å². The molecule has 0 radical (unpaired) electrons. The van der Waals surface area contributed by atoms with E-state index in [-0.39, 0.29) is 30.0 Å². The number of aryl methyl sites for hydroxylation is 1. The number of ether oxygens (including phenoxy) is 1. The Morgan fingerprint density at radius 2 is 1.68 bits per heavy atom. The average molecular weight is 390 g/mol. The fourth-order valence-electron chi connectivity index (χ4n) is 3.68. The van der Waals surface area contributed by atoms with Gasteiger partial charge in [-0.25, -0.2) is 0 Å². The number of carbonyl (C=O) groups is 4. The highest BCUT2D eigenvalue weighted by Crippen LogP contribution is 2.24. The molecule has 1 saturated heterocycles. The Morgan fingerprint density at radius 3 is 2.14 bits per heavy atom. The van der Waals surface area contributed by atoms with Crippen molar-refractivity contribution in [2.24, 2.45) is 11.3 Å². The SMILES string of the molecule is CC(=O)c1c(C)[nH]c(C(=O)COC(=O)C2CCN(C(=O)C(C)(C)C)CC2)c1C. The molecule has 1 fully saturated rings. The average Bonchev–Trinajstić information content (AvgIpc) is 2.92. The quantitative estimate of drug-likeness (QED) is 0.616. The van der Waals surface area contributed by atoms with Gasteiger partial charge in [0.05, 0.1) is 11.6 Å². The number of hydrogen-bond donors (Lipinski definition) is 1. The third-order valence-electron chi connectivity index (χ3n) is 5.17. The highest BCUT2D eigenvalue weighted by atomic mass is 16.5. The van der Waals surface area contributed by atoms with Gasteiger partial charge in [0, 0.05) is 29.8 Å². The maximum Gasteiger partial charge on any atom is 0.309 e. The molecule has 0 aliphatic carbocycles. The van der Waals surface area contributed by atoms with Gasteiger partial charge in [0.1, 0.15) is 0 Å². The summed E-state index contributed by atoms with van der Waals surface area (Å²) in [5.74, 6) is -1.12. The fraction of sp³-hybridized carbons (Fsp3) is 0.619. The molecule has 2 heterocycles. The van der Waals surface area contributed by atoms with Gasteiger partial charge >= 0.3 is 5.97 Å². The van der Waals surface area contributed by atoms with Gasteiger partial charge in [-0.05, 0) is 39.2 Å². The molecule has 2 rings (SSSR count). The largest absolute Gasteiger partial charge is 0.457 e. The van der Waals surface area contributed by atoms with Crippen LogP contribution in [0.2, 0.25) is 0 Å². The Hall–Kier alpha value is -2.44. The van der Waals surface area contributed by atoms with Crippen molar-refractivity contribution < 1.29 is 23.9 Å². The lowest BCUT2D eigenvalue weighted by Crippen LogP contribution is -2.45. The number of carbonyl (C=O) groups excluding carboxylic acids is 4. The zero-order chi connectivity index (χ0) is 21.2. The number of amides is 1.